The summed E-state index contributed by atoms with van der Waals surface area (Å²) in [6.45, 7) is 0. The SMILES string of the molecule is O=C(NO)[C@H](CS)NS(=O)(=O)c1ccc2ccccc2c1. The molecule has 112 valence electrons. The summed E-state index contributed by atoms with van der Waals surface area (Å²) in [7, 11) is -3.89. The predicted molar refractivity (Wildman–Crippen MR) is 81.8 cm³/mol. The Morgan fingerprint density at radius 1 is 1.19 bits per heavy atom. The van der Waals surface area contributed by atoms with Crippen molar-refractivity contribution in [1.29, 1.82) is 0 Å². The summed E-state index contributed by atoms with van der Waals surface area (Å²) in [5.41, 5.74) is 1.40. The van der Waals surface area contributed by atoms with Crippen LogP contribution in [0.4, 0.5) is 0 Å². The molecule has 0 aliphatic carbocycles. The highest BCUT2D eigenvalue weighted by atomic mass is 32.2. The molecule has 0 saturated heterocycles. The Balaban J connectivity index is 2.35. The highest BCUT2D eigenvalue weighted by molar-refractivity contribution is 7.89. The molecule has 0 saturated carbocycles. The number of hydroxylamine groups is 1. The van der Waals surface area contributed by atoms with Crippen LogP contribution in [0.2, 0.25) is 0 Å². The van der Waals surface area contributed by atoms with Crippen LogP contribution in [0.3, 0.4) is 0 Å². The first-order valence-electron chi connectivity index (χ1n) is 6.04. The van der Waals surface area contributed by atoms with Gasteiger partial charge < -0.3 is 0 Å². The van der Waals surface area contributed by atoms with Gasteiger partial charge in [-0.1, -0.05) is 30.3 Å². The molecule has 6 nitrogen and oxygen atoms in total. The number of benzene rings is 2. The van der Waals surface area contributed by atoms with Crippen LogP contribution < -0.4 is 10.2 Å². The van der Waals surface area contributed by atoms with E-state index in [1.165, 1.54) is 17.6 Å². The summed E-state index contributed by atoms with van der Waals surface area (Å²) in [4.78, 5) is 11.4. The molecule has 0 aliphatic rings. The number of thiol groups is 1. The molecule has 0 fully saturated rings. The van der Waals surface area contributed by atoms with Crippen LogP contribution in [0.1, 0.15) is 0 Å². The average Bonchev–Trinajstić information content (AvgIpc) is 2.51. The normalized spacial score (nSPS) is 13.0. The largest absolute Gasteiger partial charge is 0.289 e. The van der Waals surface area contributed by atoms with Gasteiger partial charge in [-0.05, 0) is 22.9 Å². The van der Waals surface area contributed by atoms with Crippen LogP contribution in [0.15, 0.2) is 47.4 Å². The Labute approximate surface area is 127 Å². The maximum Gasteiger partial charge on any atom is 0.262 e. The number of amides is 1. The maximum atomic E-state index is 12.3. The summed E-state index contributed by atoms with van der Waals surface area (Å²) in [5, 5.41) is 10.3. The van der Waals surface area contributed by atoms with E-state index in [0.29, 0.717) is 0 Å². The van der Waals surface area contributed by atoms with Gasteiger partial charge in [-0.15, -0.1) is 0 Å². The summed E-state index contributed by atoms with van der Waals surface area (Å²) in [6, 6.07) is 10.8. The molecular formula is C13H14N2O4S2. The second-order valence-electron chi connectivity index (χ2n) is 4.34. The van der Waals surface area contributed by atoms with Crippen LogP contribution in [-0.4, -0.2) is 31.3 Å². The number of nitrogens with one attached hydrogen (secondary N) is 2. The number of carbonyl (C=O) groups is 1. The zero-order valence-corrected chi connectivity index (χ0v) is 12.6. The van der Waals surface area contributed by atoms with Gasteiger partial charge in [-0.2, -0.15) is 17.4 Å². The van der Waals surface area contributed by atoms with E-state index in [1.807, 2.05) is 18.2 Å². The number of hydrogen-bond acceptors (Lipinski definition) is 5. The minimum Gasteiger partial charge on any atom is -0.289 e. The third-order valence-corrected chi connectivity index (χ3v) is 4.77. The lowest BCUT2D eigenvalue weighted by Crippen LogP contribution is -2.46. The Hall–Kier alpha value is -1.61. The molecule has 0 unspecified atom stereocenters. The number of sulfonamides is 1. The van der Waals surface area contributed by atoms with Gasteiger partial charge in [0.05, 0.1) is 4.90 Å². The van der Waals surface area contributed by atoms with E-state index in [-0.39, 0.29) is 10.6 Å². The Kier molecular flexibility index (Phi) is 4.84. The first kappa shape index (κ1) is 15.8. The van der Waals surface area contributed by atoms with E-state index in [9.17, 15) is 13.2 Å². The van der Waals surface area contributed by atoms with E-state index in [4.69, 9.17) is 5.21 Å². The van der Waals surface area contributed by atoms with Crippen molar-refractivity contribution in [2.24, 2.45) is 0 Å². The van der Waals surface area contributed by atoms with Gasteiger partial charge >= 0.3 is 0 Å². The fourth-order valence-corrected chi connectivity index (χ4v) is 3.45. The molecule has 0 radical (unpaired) electrons. The monoisotopic (exact) mass is 326 g/mol. The minimum absolute atomic E-state index is 0.0405. The molecular weight excluding hydrogens is 312 g/mol. The standard InChI is InChI=1S/C13H14N2O4S2/c16-13(14-17)12(8-20)15-21(18,19)11-6-5-9-3-1-2-4-10(9)7-11/h1-7,12,15,17,20H,8H2,(H,14,16)/t12-/m0/s1. The lowest BCUT2D eigenvalue weighted by molar-refractivity contribution is -0.130. The van der Waals surface area contributed by atoms with Gasteiger partial charge in [-0.3, -0.25) is 10.0 Å². The molecule has 0 aromatic heterocycles. The highest BCUT2D eigenvalue weighted by Crippen LogP contribution is 2.19. The van der Waals surface area contributed by atoms with Gasteiger partial charge in [0.25, 0.3) is 5.91 Å². The molecule has 1 amide bonds. The lowest BCUT2D eigenvalue weighted by atomic mass is 10.1. The average molecular weight is 326 g/mol. The van der Waals surface area contributed by atoms with Crippen LogP contribution >= 0.6 is 12.6 Å². The summed E-state index contributed by atoms with van der Waals surface area (Å²) in [5.74, 6) is -0.950. The molecule has 21 heavy (non-hydrogen) atoms. The van der Waals surface area contributed by atoms with Crippen LogP contribution in [0, 0.1) is 0 Å². The molecule has 8 heteroatoms. The minimum atomic E-state index is -3.89. The van der Waals surface area contributed by atoms with Gasteiger partial charge in [0.2, 0.25) is 10.0 Å². The van der Waals surface area contributed by atoms with Crippen molar-refractivity contribution in [3.63, 3.8) is 0 Å². The van der Waals surface area contributed by atoms with Gasteiger partial charge in [0.15, 0.2) is 0 Å². The van der Waals surface area contributed by atoms with E-state index < -0.39 is 22.0 Å². The molecule has 3 N–H and O–H groups in total. The fourth-order valence-electron chi connectivity index (χ4n) is 1.84. The second kappa shape index (κ2) is 6.44. The number of rotatable bonds is 5. The maximum absolute atomic E-state index is 12.3. The number of carbonyl (C=O) groups excluding carboxylic acids is 1. The molecule has 2 aromatic rings. The predicted octanol–water partition coefficient (Wildman–Crippen LogP) is 0.922. The molecule has 2 aromatic carbocycles. The molecule has 0 aliphatic heterocycles. The van der Waals surface area contributed by atoms with Gasteiger partial charge in [0, 0.05) is 5.75 Å². The van der Waals surface area contributed by atoms with Crippen molar-refractivity contribution in [3.05, 3.63) is 42.5 Å². The molecule has 1 atom stereocenters. The van der Waals surface area contributed by atoms with E-state index in [0.717, 1.165) is 10.8 Å². The molecule has 2 rings (SSSR count). The third kappa shape index (κ3) is 3.53. The van der Waals surface area contributed by atoms with Crippen molar-refractivity contribution >= 4 is 39.3 Å². The quantitative estimate of drug-likeness (QED) is 0.373. The first-order valence-corrected chi connectivity index (χ1v) is 8.15. The van der Waals surface area contributed by atoms with E-state index in [2.05, 4.69) is 17.4 Å². The van der Waals surface area contributed by atoms with Crippen molar-refractivity contribution < 1.29 is 18.4 Å². The van der Waals surface area contributed by atoms with E-state index in [1.54, 1.807) is 12.1 Å². The summed E-state index contributed by atoms with van der Waals surface area (Å²) in [6.07, 6.45) is 0. The van der Waals surface area contributed by atoms with Crippen LogP contribution in [0.25, 0.3) is 10.8 Å². The fraction of sp³-hybridized carbons (Fsp3) is 0.154. The topological polar surface area (TPSA) is 95.5 Å². The number of fused-ring (bicyclic) bond motifs is 1. The summed E-state index contributed by atoms with van der Waals surface area (Å²) < 4.78 is 26.7. The Morgan fingerprint density at radius 2 is 1.86 bits per heavy atom. The van der Waals surface area contributed by atoms with Crippen molar-refractivity contribution in [3.8, 4) is 0 Å². The lowest BCUT2D eigenvalue weighted by Gasteiger charge is -2.14. The van der Waals surface area contributed by atoms with Crippen molar-refractivity contribution in [2.75, 3.05) is 5.75 Å². The Morgan fingerprint density at radius 3 is 2.48 bits per heavy atom. The van der Waals surface area contributed by atoms with Crippen molar-refractivity contribution in [2.45, 2.75) is 10.9 Å². The first-order chi connectivity index (χ1) is 9.97. The zero-order valence-electron chi connectivity index (χ0n) is 10.9. The van der Waals surface area contributed by atoms with Crippen LogP contribution in [0.5, 0.6) is 0 Å². The molecule has 0 heterocycles. The molecule has 0 bridgehead atoms. The Bertz CT molecular complexity index is 762. The number of hydrogen-bond donors (Lipinski definition) is 4. The van der Waals surface area contributed by atoms with Gasteiger partial charge in [-0.25, -0.2) is 13.9 Å². The molecule has 0 spiro atoms. The van der Waals surface area contributed by atoms with E-state index >= 15 is 0 Å². The highest BCUT2D eigenvalue weighted by Gasteiger charge is 2.24. The zero-order chi connectivity index (χ0) is 15.5. The van der Waals surface area contributed by atoms with Crippen LogP contribution in [-0.2, 0) is 14.8 Å². The summed E-state index contributed by atoms with van der Waals surface area (Å²) >= 11 is 3.89. The third-order valence-electron chi connectivity index (χ3n) is 2.94. The second-order valence-corrected chi connectivity index (χ2v) is 6.42. The van der Waals surface area contributed by atoms with Gasteiger partial charge in [0.1, 0.15) is 6.04 Å². The smallest absolute Gasteiger partial charge is 0.262 e. The van der Waals surface area contributed by atoms with Crippen molar-refractivity contribution in [1.82, 2.24) is 10.2 Å².